The van der Waals surface area contributed by atoms with Crippen LogP contribution >= 0.6 is 0 Å². The normalized spacial score (nSPS) is 22.4. The lowest BCUT2D eigenvalue weighted by atomic mass is 9.99. The standard InChI is InChI=1S/C25H26N2O11/c1-2-11-35-22(32)21-19(30)18(29)20(31)23(37-21)38-25(34)27-17-9-5-15(6-10-17)13-36-24(33)26-16-7-3-14(12-28)4-8-16/h1,3-10,18-21,23,28-31H,11-13H2,(H,26,33)(H,27,34). The van der Waals surface area contributed by atoms with E-state index in [1.807, 2.05) is 0 Å². The molecule has 0 bridgehead atoms. The van der Waals surface area contributed by atoms with Crippen LogP contribution in [0.25, 0.3) is 0 Å². The molecule has 5 unspecified atom stereocenters. The zero-order valence-electron chi connectivity index (χ0n) is 19.9. The molecule has 13 heteroatoms. The number of anilines is 2. The molecule has 0 spiro atoms. The van der Waals surface area contributed by atoms with Gasteiger partial charge in [-0.05, 0) is 35.4 Å². The van der Waals surface area contributed by atoms with Crippen molar-refractivity contribution in [1.82, 2.24) is 0 Å². The number of hydrogen-bond acceptors (Lipinski definition) is 11. The number of terminal acetylenes is 1. The number of benzene rings is 2. The number of carbonyl (C=O) groups excluding carboxylic acids is 3. The van der Waals surface area contributed by atoms with Gasteiger partial charge in [-0.25, -0.2) is 14.4 Å². The van der Waals surface area contributed by atoms with E-state index in [1.54, 1.807) is 36.4 Å². The molecule has 1 heterocycles. The van der Waals surface area contributed by atoms with Crippen molar-refractivity contribution in [1.29, 1.82) is 0 Å². The fourth-order valence-electron chi connectivity index (χ4n) is 3.27. The lowest BCUT2D eigenvalue weighted by Gasteiger charge is -2.38. The Labute approximate surface area is 216 Å². The molecule has 38 heavy (non-hydrogen) atoms. The van der Waals surface area contributed by atoms with Gasteiger partial charge in [0.25, 0.3) is 0 Å². The first-order valence-corrected chi connectivity index (χ1v) is 11.2. The van der Waals surface area contributed by atoms with Gasteiger partial charge in [0, 0.05) is 11.4 Å². The Balaban J connectivity index is 1.48. The van der Waals surface area contributed by atoms with Gasteiger partial charge in [-0.15, -0.1) is 6.42 Å². The van der Waals surface area contributed by atoms with Gasteiger partial charge in [0.05, 0.1) is 6.61 Å². The Morgan fingerprint density at radius 1 is 0.842 bits per heavy atom. The first-order chi connectivity index (χ1) is 18.2. The van der Waals surface area contributed by atoms with Gasteiger partial charge in [0.15, 0.2) is 12.7 Å². The van der Waals surface area contributed by atoms with Crippen LogP contribution in [0, 0.1) is 12.3 Å². The predicted molar refractivity (Wildman–Crippen MR) is 129 cm³/mol. The molecular formula is C25H26N2O11. The lowest BCUT2D eigenvalue weighted by molar-refractivity contribution is -0.278. The highest BCUT2D eigenvalue weighted by Gasteiger charge is 2.49. The first-order valence-electron chi connectivity index (χ1n) is 11.2. The van der Waals surface area contributed by atoms with Crippen LogP contribution in [0.15, 0.2) is 48.5 Å². The van der Waals surface area contributed by atoms with Crippen LogP contribution in [-0.4, -0.2) is 75.9 Å². The molecule has 1 aliphatic rings. The van der Waals surface area contributed by atoms with E-state index >= 15 is 0 Å². The molecule has 0 aromatic heterocycles. The quantitative estimate of drug-likeness (QED) is 0.158. The summed E-state index contributed by atoms with van der Waals surface area (Å²) in [7, 11) is 0. The SMILES string of the molecule is C#CCOC(=O)C1OC(OC(=O)Nc2ccc(COC(=O)Nc3ccc(CO)cc3)cc2)C(O)C(O)C1O. The van der Waals surface area contributed by atoms with Gasteiger partial charge in [0.2, 0.25) is 6.29 Å². The third kappa shape index (κ3) is 7.65. The summed E-state index contributed by atoms with van der Waals surface area (Å²) in [6.07, 6.45) is -5.91. The molecular weight excluding hydrogens is 504 g/mol. The Hall–Kier alpha value is -4.19. The number of nitrogens with one attached hydrogen (secondary N) is 2. The van der Waals surface area contributed by atoms with Crippen LogP contribution in [0.2, 0.25) is 0 Å². The van der Waals surface area contributed by atoms with Gasteiger partial charge in [-0.3, -0.25) is 10.6 Å². The minimum atomic E-state index is -1.87. The summed E-state index contributed by atoms with van der Waals surface area (Å²) in [5.41, 5.74) is 2.06. The second-order valence-electron chi connectivity index (χ2n) is 7.99. The minimum absolute atomic E-state index is 0.0647. The highest BCUT2D eigenvalue weighted by Crippen LogP contribution is 2.24. The molecule has 2 aromatic carbocycles. The van der Waals surface area contributed by atoms with Crippen LogP contribution in [0.5, 0.6) is 0 Å². The second-order valence-corrected chi connectivity index (χ2v) is 7.99. The largest absolute Gasteiger partial charge is 0.451 e. The van der Waals surface area contributed by atoms with E-state index < -0.39 is 55.5 Å². The third-order valence-electron chi connectivity index (χ3n) is 5.28. The van der Waals surface area contributed by atoms with Gasteiger partial charge in [-0.2, -0.15) is 0 Å². The highest BCUT2D eigenvalue weighted by atomic mass is 16.7. The smallest absolute Gasteiger partial charge is 0.414 e. The number of rotatable bonds is 8. The Morgan fingerprint density at radius 2 is 1.42 bits per heavy atom. The van der Waals surface area contributed by atoms with E-state index in [9.17, 15) is 29.7 Å². The van der Waals surface area contributed by atoms with Crippen molar-refractivity contribution < 1.29 is 53.8 Å². The lowest BCUT2D eigenvalue weighted by Crippen LogP contribution is -2.61. The number of carbonyl (C=O) groups is 3. The molecule has 1 aliphatic heterocycles. The van der Waals surface area contributed by atoms with Crippen molar-refractivity contribution in [2.45, 2.75) is 43.9 Å². The fourth-order valence-corrected chi connectivity index (χ4v) is 3.27. The predicted octanol–water partition coefficient (Wildman–Crippen LogP) is 0.460. The van der Waals surface area contributed by atoms with Crippen molar-refractivity contribution >= 4 is 29.5 Å². The average Bonchev–Trinajstić information content (AvgIpc) is 2.92. The van der Waals surface area contributed by atoms with Crippen LogP contribution in [0.4, 0.5) is 21.0 Å². The number of amides is 2. The molecule has 2 amide bonds. The molecule has 2 aromatic rings. The zero-order valence-corrected chi connectivity index (χ0v) is 19.9. The van der Waals surface area contributed by atoms with Gasteiger partial charge < -0.3 is 39.4 Å². The van der Waals surface area contributed by atoms with Crippen LogP contribution in [0.1, 0.15) is 11.1 Å². The van der Waals surface area contributed by atoms with Crippen molar-refractivity contribution in [3.05, 3.63) is 59.7 Å². The maximum Gasteiger partial charge on any atom is 0.414 e. The van der Waals surface area contributed by atoms with Crippen molar-refractivity contribution in [2.75, 3.05) is 17.2 Å². The molecule has 1 fully saturated rings. The number of hydrogen-bond donors (Lipinski definition) is 6. The minimum Gasteiger partial charge on any atom is -0.451 e. The first kappa shape index (κ1) is 28.4. The summed E-state index contributed by atoms with van der Waals surface area (Å²) in [5.74, 6) is 0.942. The fraction of sp³-hybridized carbons (Fsp3) is 0.320. The Bertz CT molecular complexity index is 1150. The molecule has 0 radical (unpaired) electrons. The van der Waals surface area contributed by atoms with Crippen molar-refractivity contribution in [2.24, 2.45) is 0 Å². The zero-order chi connectivity index (χ0) is 27.7. The molecule has 0 aliphatic carbocycles. The molecule has 1 saturated heterocycles. The van der Waals surface area contributed by atoms with E-state index in [0.29, 0.717) is 16.8 Å². The van der Waals surface area contributed by atoms with Crippen LogP contribution < -0.4 is 10.6 Å². The van der Waals surface area contributed by atoms with E-state index in [1.165, 1.54) is 12.1 Å². The molecule has 13 nitrogen and oxygen atoms in total. The van der Waals surface area contributed by atoms with E-state index in [0.717, 1.165) is 0 Å². The summed E-state index contributed by atoms with van der Waals surface area (Å²) < 4.78 is 19.9. The van der Waals surface area contributed by atoms with E-state index in [2.05, 4.69) is 21.3 Å². The third-order valence-corrected chi connectivity index (χ3v) is 5.28. The highest BCUT2D eigenvalue weighted by molar-refractivity contribution is 5.85. The summed E-state index contributed by atoms with van der Waals surface area (Å²) in [6, 6.07) is 12.7. The van der Waals surface area contributed by atoms with Gasteiger partial charge >= 0.3 is 18.2 Å². The second kappa shape index (κ2) is 13.4. The topological polar surface area (TPSA) is 193 Å². The summed E-state index contributed by atoms with van der Waals surface area (Å²) in [5, 5.41) is 44.0. The number of ether oxygens (including phenoxy) is 4. The summed E-state index contributed by atoms with van der Waals surface area (Å²) >= 11 is 0. The molecule has 6 N–H and O–H groups in total. The van der Waals surface area contributed by atoms with Gasteiger partial charge in [-0.1, -0.05) is 30.2 Å². The Morgan fingerprint density at radius 3 is 2.00 bits per heavy atom. The number of esters is 1. The summed E-state index contributed by atoms with van der Waals surface area (Å²) in [4.78, 5) is 36.2. The van der Waals surface area contributed by atoms with E-state index in [4.69, 9.17) is 25.7 Å². The van der Waals surface area contributed by atoms with Crippen molar-refractivity contribution in [3.8, 4) is 12.3 Å². The van der Waals surface area contributed by atoms with Crippen molar-refractivity contribution in [3.63, 3.8) is 0 Å². The van der Waals surface area contributed by atoms with Crippen LogP contribution in [-0.2, 0) is 37.0 Å². The average molecular weight is 530 g/mol. The molecule has 202 valence electrons. The number of aliphatic hydroxyl groups excluding tert-OH is 4. The number of aliphatic hydroxyl groups is 4. The summed E-state index contributed by atoms with van der Waals surface area (Å²) in [6.45, 7) is -0.590. The molecule has 0 saturated carbocycles. The monoisotopic (exact) mass is 530 g/mol. The van der Waals surface area contributed by atoms with Crippen LogP contribution in [0.3, 0.4) is 0 Å². The molecule has 5 atom stereocenters. The van der Waals surface area contributed by atoms with Gasteiger partial charge in [0.1, 0.15) is 24.9 Å². The Kier molecular flexibility index (Phi) is 9.99. The maximum absolute atomic E-state index is 12.3. The maximum atomic E-state index is 12.3. The van der Waals surface area contributed by atoms with E-state index in [-0.39, 0.29) is 18.9 Å². The molecule has 3 rings (SSSR count).